The van der Waals surface area contributed by atoms with Crippen LogP contribution < -0.4 is 15.5 Å². The van der Waals surface area contributed by atoms with Gasteiger partial charge in [-0.1, -0.05) is 23.8 Å². The highest BCUT2D eigenvalue weighted by Crippen LogP contribution is 2.29. The molecule has 0 unspecified atom stereocenters. The number of aryl methyl sites for hydroxylation is 2. The number of carbonyl (C=O) groups is 1. The van der Waals surface area contributed by atoms with E-state index in [-0.39, 0.29) is 5.91 Å². The van der Waals surface area contributed by atoms with Gasteiger partial charge in [-0.15, -0.1) is 0 Å². The van der Waals surface area contributed by atoms with Gasteiger partial charge in [0.15, 0.2) is 0 Å². The molecule has 0 radical (unpaired) electrons. The zero-order valence-electron chi connectivity index (χ0n) is 19.2. The third-order valence-electron chi connectivity index (χ3n) is 5.96. The third kappa shape index (κ3) is 4.73. The Morgan fingerprint density at radius 3 is 2.68 bits per heavy atom. The summed E-state index contributed by atoms with van der Waals surface area (Å²) in [6.45, 7) is 5.64. The Morgan fingerprint density at radius 1 is 1.00 bits per heavy atom. The number of pyridine rings is 1. The van der Waals surface area contributed by atoms with Crippen molar-refractivity contribution >= 4 is 28.9 Å². The van der Waals surface area contributed by atoms with Crippen LogP contribution in [0.15, 0.2) is 73.2 Å². The van der Waals surface area contributed by atoms with Crippen LogP contribution in [0.4, 0.5) is 23.0 Å². The molecule has 1 aliphatic rings. The van der Waals surface area contributed by atoms with Crippen LogP contribution in [0.25, 0.3) is 0 Å². The predicted molar refractivity (Wildman–Crippen MR) is 135 cm³/mol. The topological polar surface area (TPSA) is 83.0 Å². The van der Waals surface area contributed by atoms with Crippen molar-refractivity contribution in [2.24, 2.45) is 0 Å². The summed E-state index contributed by atoms with van der Waals surface area (Å²) in [5.41, 5.74) is 7.84. The van der Waals surface area contributed by atoms with Crippen LogP contribution >= 0.6 is 0 Å². The summed E-state index contributed by atoms with van der Waals surface area (Å²) >= 11 is 0. The van der Waals surface area contributed by atoms with Crippen molar-refractivity contribution in [1.82, 2.24) is 15.0 Å². The molecule has 1 amide bonds. The molecule has 7 nitrogen and oxygen atoms in total. The number of benzene rings is 2. The van der Waals surface area contributed by atoms with Crippen LogP contribution in [0.3, 0.4) is 0 Å². The molecule has 34 heavy (non-hydrogen) atoms. The van der Waals surface area contributed by atoms with Gasteiger partial charge in [0, 0.05) is 66.3 Å². The zero-order valence-corrected chi connectivity index (χ0v) is 19.2. The van der Waals surface area contributed by atoms with Gasteiger partial charge in [-0.25, -0.2) is 9.97 Å². The number of nitrogens with zero attached hydrogens (tertiary/aromatic N) is 4. The van der Waals surface area contributed by atoms with Crippen LogP contribution in [-0.2, 0) is 13.0 Å². The van der Waals surface area contributed by atoms with Gasteiger partial charge in [0.25, 0.3) is 5.91 Å². The quantitative estimate of drug-likeness (QED) is 0.443. The summed E-state index contributed by atoms with van der Waals surface area (Å²) in [5.74, 6) is 0.487. The Hall–Kier alpha value is -4.26. The summed E-state index contributed by atoms with van der Waals surface area (Å²) in [4.78, 5) is 28.3. The number of fused-ring (bicyclic) bond motifs is 1. The number of nitrogens with one attached hydrogen (secondary N) is 2. The first kappa shape index (κ1) is 21.6. The van der Waals surface area contributed by atoms with Gasteiger partial charge < -0.3 is 15.5 Å². The minimum absolute atomic E-state index is 0.106. The SMILES string of the molecule is Cc1cccc(C(=O)Nc2ccc(C)c(N3CCc4nc(Nc5ccncc5)ncc4C3)c2)c1. The van der Waals surface area contributed by atoms with E-state index < -0.39 is 0 Å². The summed E-state index contributed by atoms with van der Waals surface area (Å²) in [7, 11) is 0. The van der Waals surface area contributed by atoms with E-state index in [1.165, 1.54) is 0 Å². The van der Waals surface area contributed by atoms with Crippen LogP contribution in [-0.4, -0.2) is 27.4 Å². The van der Waals surface area contributed by atoms with Crippen molar-refractivity contribution in [3.63, 3.8) is 0 Å². The number of hydrogen-bond donors (Lipinski definition) is 2. The molecule has 2 aromatic carbocycles. The van der Waals surface area contributed by atoms with Crippen molar-refractivity contribution in [1.29, 1.82) is 0 Å². The molecule has 0 aliphatic carbocycles. The third-order valence-corrected chi connectivity index (χ3v) is 5.96. The fourth-order valence-electron chi connectivity index (χ4n) is 4.16. The molecule has 0 fully saturated rings. The minimum Gasteiger partial charge on any atom is -0.366 e. The van der Waals surface area contributed by atoms with Gasteiger partial charge in [0.2, 0.25) is 5.95 Å². The van der Waals surface area contributed by atoms with Crippen molar-refractivity contribution in [3.8, 4) is 0 Å². The highest BCUT2D eigenvalue weighted by atomic mass is 16.1. The molecule has 170 valence electrons. The van der Waals surface area contributed by atoms with Crippen LogP contribution in [0, 0.1) is 13.8 Å². The molecule has 4 aromatic rings. The Bertz CT molecular complexity index is 1340. The van der Waals surface area contributed by atoms with Crippen molar-refractivity contribution in [2.75, 3.05) is 22.1 Å². The van der Waals surface area contributed by atoms with Crippen molar-refractivity contribution in [3.05, 3.63) is 101 Å². The number of hydrogen-bond acceptors (Lipinski definition) is 6. The molecule has 0 bridgehead atoms. The fourth-order valence-corrected chi connectivity index (χ4v) is 4.16. The van der Waals surface area contributed by atoms with E-state index in [1.807, 2.05) is 61.7 Å². The molecule has 0 saturated heterocycles. The molecule has 2 N–H and O–H groups in total. The van der Waals surface area contributed by atoms with Crippen LogP contribution in [0.1, 0.15) is 32.7 Å². The molecule has 7 heteroatoms. The number of aromatic nitrogens is 3. The molecule has 0 atom stereocenters. The second-order valence-electron chi connectivity index (χ2n) is 8.52. The van der Waals surface area contributed by atoms with Gasteiger partial charge in [-0.3, -0.25) is 9.78 Å². The molecule has 1 aliphatic heterocycles. The standard InChI is InChI=1S/C27H26N6O/c1-18-4-3-5-20(14-18)26(34)30-23-7-6-19(2)25(15-23)33-13-10-24-21(17-33)16-29-27(32-24)31-22-8-11-28-12-9-22/h3-9,11-12,14-16H,10,13,17H2,1-2H3,(H,30,34)(H,28,29,31,32). The fraction of sp³-hybridized carbons (Fsp3) is 0.185. The second-order valence-corrected chi connectivity index (χ2v) is 8.52. The smallest absolute Gasteiger partial charge is 0.255 e. The number of carbonyl (C=O) groups excluding carboxylic acids is 1. The van der Waals surface area contributed by atoms with Gasteiger partial charge in [-0.2, -0.15) is 0 Å². The molecule has 2 aromatic heterocycles. The van der Waals surface area contributed by atoms with E-state index in [0.29, 0.717) is 11.5 Å². The summed E-state index contributed by atoms with van der Waals surface area (Å²) < 4.78 is 0. The Balaban J connectivity index is 1.32. The lowest BCUT2D eigenvalue weighted by molar-refractivity contribution is 0.102. The second kappa shape index (κ2) is 9.31. The zero-order chi connectivity index (χ0) is 23.5. The van der Waals surface area contributed by atoms with Gasteiger partial charge >= 0.3 is 0 Å². The first-order valence-electron chi connectivity index (χ1n) is 11.3. The molecule has 0 spiro atoms. The van der Waals surface area contributed by atoms with Gasteiger partial charge in [0.05, 0.1) is 5.69 Å². The highest BCUT2D eigenvalue weighted by molar-refractivity contribution is 6.04. The Kier molecular flexibility index (Phi) is 5.91. The number of amides is 1. The monoisotopic (exact) mass is 450 g/mol. The lowest BCUT2D eigenvalue weighted by atomic mass is 10.0. The number of rotatable bonds is 5. The average Bonchev–Trinajstić information content (AvgIpc) is 2.85. The first-order chi connectivity index (χ1) is 16.5. The largest absolute Gasteiger partial charge is 0.366 e. The van der Waals surface area contributed by atoms with E-state index in [4.69, 9.17) is 4.98 Å². The molecule has 5 rings (SSSR count). The normalized spacial score (nSPS) is 12.7. The van der Waals surface area contributed by atoms with E-state index in [0.717, 1.165) is 59.0 Å². The summed E-state index contributed by atoms with van der Waals surface area (Å²) in [6, 6.07) is 17.4. The minimum atomic E-state index is -0.106. The summed E-state index contributed by atoms with van der Waals surface area (Å²) in [6.07, 6.45) is 6.19. The lowest BCUT2D eigenvalue weighted by Crippen LogP contribution is -2.32. The molecular formula is C27H26N6O. The van der Waals surface area contributed by atoms with E-state index in [1.54, 1.807) is 12.4 Å². The van der Waals surface area contributed by atoms with E-state index >= 15 is 0 Å². The van der Waals surface area contributed by atoms with Crippen LogP contribution in [0.2, 0.25) is 0 Å². The van der Waals surface area contributed by atoms with Gasteiger partial charge in [-0.05, 0) is 55.8 Å². The van der Waals surface area contributed by atoms with Gasteiger partial charge in [0.1, 0.15) is 0 Å². The Morgan fingerprint density at radius 2 is 1.85 bits per heavy atom. The van der Waals surface area contributed by atoms with E-state index in [2.05, 4.69) is 38.5 Å². The maximum Gasteiger partial charge on any atom is 0.255 e. The van der Waals surface area contributed by atoms with E-state index in [9.17, 15) is 4.79 Å². The number of anilines is 4. The van der Waals surface area contributed by atoms with Crippen molar-refractivity contribution < 1.29 is 4.79 Å². The lowest BCUT2D eigenvalue weighted by Gasteiger charge is -2.31. The van der Waals surface area contributed by atoms with Crippen molar-refractivity contribution in [2.45, 2.75) is 26.8 Å². The Labute approximate surface area is 198 Å². The predicted octanol–water partition coefficient (Wildman–Crippen LogP) is 5.05. The summed E-state index contributed by atoms with van der Waals surface area (Å²) in [5, 5.41) is 6.27. The maximum absolute atomic E-state index is 12.7. The maximum atomic E-state index is 12.7. The molecule has 3 heterocycles. The first-order valence-corrected chi connectivity index (χ1v) is 11.3. The molecular weight excluding hydrogens is 424 g/mol. The average molecular weight is 451 g/mol. The molecule has 0 saturated carbocycles. The van der Waals surface area contributed by atoms with Crippen LogP contribution in [0.5, 0.6) is 0 Å². The highest BCUT2D eigenvalue weighted by Gasteiger charge is 2.20.